The topological polar surface area (TPSA) is 85.9 Å². The van der Waals surface area contributed by atoms with Crippen LogP contribution in [0.3, 0.4) is 0 Å². The van der Waals surface area contributed by atoms with Gasteiger partial charge < -0.3 is 10.1 Å². The van der Waals surface area contributed by atoms with E-state index in [0.29, 0.717) is 27.0 Å². The van der Waals surface area contributed by atoms with Gasteiger partial charge in [0.25, 0.3) is 5.91 Å². The van der Waals surface area contributed by atoms with Crippen molar-refractivity contribution in [3.05, 3.63) is 98.5 Å². The second kappa shape index (κ2) is 10.4. The zero-order valence-electron chi connectivity index (χ0n) is 17.6. The average Bonchev–Trinajstić information content (AvgIpc) is 2.78. The van der Waals surface area contributed by atoms with Gasteiger partial charge in [0, 0.05) is 11.3 Å². The molecule has 0 bridgehead atoms. The molecular weight excluding hydrogens is 466 g/mol. The SMILES string of the molecule is Cc1ccc(NC(=O)/C(C#N)=C/c2ccc(OCc3ccccc3C#N)c(Br)c2)c(C)c1. The highest BCUT2D eigenvalue weighted by atomic mass is 79.9. The van der Waals surface area contributed by atoms with Crippen molar-refractivity contribution in [1.29, 1.82) is 10.5 Å². The molecule has 3 aromatic rings. The van der Waals surface area contributed by atoms with E-state index in [-0.39, 0.29) is 12.2 Å². The largest absolute Gasteiger partial charge is 0.488 e. The van der Waals surface area contributed by atoms with Crippen molar-refractivity contribution in [3.63, 3.8) is 0 Å². The van der Waals surface area contributed by atoms with E-state index in [0.717, 1.165) is 16.7 Å². The molecule has 1 N–H and O–H groups in total. The Morgan fingerprint density at radius 1 is 1.09 bits per heavy atom. The van der Waals surface area contributed by atoms with Crippen LogP contribution < -0.4 is 10.1 Å². The van der Waals surface area contributed by atoms with Crippen LogP contribution in [0.2, 0.25) is 0 Å². The number of carbonyl (C=O) groups excluding carboxylic acids is 1. The number of aryl methyl sites for hydroxylation is 2. The predicted octanol–water partition coefficient (Wildman–Crippen LogP) is 6.06. The van der Waals surface area contributed by atoms with E-state index in [1.165, 1.54) is 6.08 Å². The molecule has 0 aliphatic carbocycles. The fraction of sp³-hybridized carbons (Fsp3) is 0.115. The summed E-state index contributed by atoms with van der Waals surface area (Å²) in [6.07, 6.45) is 1.53. The van der Waals surface area contributed by atoms with Gasteiger partial charge in [0.1, 0.15) is 24.0 Å². The van der Waals surface area contributed by atoms with E-state index < -0.39 is 5.91 Å². The first-order chi connectivity index (χ1) is 15.4. The average molecular weight is 486 g/mol. The fourth-order valence-electron chi connectivity index (χ4n) is 3.09. The molecule has 0 aromatic heterocycles. The van der Waals surface area contributed by atoms with Crippen LogP contribution in [0.25, 0.3) is 6.08 Å². The molecule has 0 saturated heterocycles. The molecule has 0 saturated carbocycles. The van der Waals surface area contributed by atoms with Crippen molar-refractivity contribution < 1.29 is 9.53 Å². The van der Waals surface area contributed by atoms with Crippen molar-refractivity contribution in [2.75, 3.05) is 5.32 Å². The Morgan fingerprint density at radius 2 is 1.88 bits per heavy atom. The standard InChI is InChI=1S/C26H20BrN3O2/c1-17-7-9-24(18(2)11-17)30-26(31)22(15-29)12-19-8-10-25(23(27)13-19)32-16-21-6-4-3-5-20(21)14-28/h3-13H,16H2,1-2H3,(H,30,31)/b22-12+. The number of amides is 1. The minimum atomic E-state index is -0.469. The van der Waals surface area contributed by atoms with Crippen LogP contribution >= 0.6 is 15.9 Å². The van der Waals surface area contributed by atoms with Crippen LogP contribution in [-0.2, 0) is 11.4 Å². The van der Waals surface area contributed by atoms with Gasteiger partial charge in [-0.3, -0.25) is 4.79 Å². The number of rotatable bonds is 6. The first kappa shape index (κ1) is 22.8. The number of hydrogen-bond donors (Lipinski definition) is 1. The fourth-order valence-corrected chi connectivity index (χ4v) is 3.60. The lowest BCUT2D eigenvalue weighted by Crippen LogP contribution is -2.14. The van der Waals surface area contributed by atoms with Gasteiger partial charge in [0.05, 0.1) is 16.1 Å². The Morgan fingerprint density at radius 3 is 2.56 bits per heavy atom. The first-order valence-corrected chi connectivity index (χ1v) is 10.6. The number of anilines is 1. The molecule has 0 atom stereocenters. The first-order valence-electron chi connectivity index (χ1n) is 9.82. The Balaban J connectivity index is 1.74. The minimum absolute atomic E-state index is 0.00603. The van der Waals surface area contributed by atoms with Crippen LogP contribution in [0.4, 0.5) is 5.69 Å². The minimum Gasteiger partial charge on any atom is -0.488 e. The molecule has 3 rings (SSSR count). The van der Waals surface area contributed by atoms with E-state index in [9.17, 15) is 15.3 Å². The molecule has 0 radical (unpaired) electrons. The summed E-state index contributed by atoms with van der Waals surface area (Å²) in [6, 6.07) is 22.4. The third kappa shape index (κ3) is 5.63. The summed E-state index contributed by atoms with van der Waals surface area (Å²) in [5.74, 6) is 0.122. The maximum atomic E-state index is 12.6. The summed E-state index contributed by atoms with van der Waals surface area (Å²) in [7, 11) is 0. The monoisotopic (exact) mass is 485 g/mol. The number of ether oxygens (including phenoxy) is 1. The molecule has 32 heavy (non-hydrogen) atoms. The van der Waals surface area contributed by atoms with Gasteiger partial charge in [-0.15, -0.1) is 0 Å². The number of nitrogens with one attached hydrogen (secondary N) is 1. The number of nitriles is 2. The summed E-state index contributed by atoms with van der Waals surface area (Å²) in [5.41, 5.74) is 4.72. The molecule has 0 fully saturated rings. The van der Waals surface area contributed by atoms with Crippen molar-refractivity contribution >= 4 is 33.6 Å². The number of halogens is 1. The van der Waals surface area contributed by atoms with E-state index in [4.69, 9.17) is 4.74 Å². The van der Waals surface area contributed by atoms with Crippen molar-refractivity contribution in [1.82, 2.24) is 0 Å². The molecule has 0 unspecified atom stereocenters. The lowest BCUT2D eigenvalue weighted by molar-refractivity contribution is -0.112. The Kier molecular flexibility index (Phi) is 7.44. The van der Waals surface area contributed by atoms with E-state index in [1.807, 2.05) is 56.3 Å². The summed E-state index contributed by atoms with van der Waals surface area (Å²) in [6.45, 7) is 4.13. The van der Waals surface area contributed by atoms with Gasteiger partial charge in [0.2, 0.25) is 0 Å². The summed E-state index contributed by atoms with van der Waals surface area (Å²) < 4.78 is 6.51. The molecule has 6 heteroatoms. The van der Waals surface area contributed by atoms with Gasteiger partial charge in [-0.25, -0.2) is 0 Å². The van der Waals surface area contributed by atoms with Gasteiger partial charge in [0.15, 0.2) is 0 Å². The number of carbonyl (C=O) groups is 1. The number of benzene rings is 3. The third-order valence-corrected chi connectivity index (χ3v) is 5.40. The second-order valence-electron chi connectivity index (χ2n) is 7.19. The van der Waals surface area contributed by atoms with Crippen LogP contribution in [0.5, 0.6) is 5.75 Å². The highest BCUT2D eigenvalue weighted by molar-refractivity contribution is 9.10. The number of nitrogens with zero attached hydrogens (tertiary/aromatic N) is 2. The Bertz CT molecular complexity index is 1280. The van der Waals surface area contributed by atoms with Crippen LogP contribution in [0.1, 0.15) is 27.8 Å². The van der Waals surface area contributed by atoms with Crippen LogP contribution in [0.15, 0.2) is 70.7 Å². The van der Waals surface area contributed by atoms with Gasteiger partial charge in [-0.2, -0.15) is 10.5 Å². The van der Waals surface area contributed by atoms with Gasteiger partial charge in [-0.1, -0.05) is 42.0 Å². The molecule has 1 amide bonds. The quantitative estimate of drug-likeness (QED) is 0.339. The molecule has 158 valence electrons. The maximum Gasteiger partial charge on any atom is 0.266 e. The highest BCUT2D eigenvalue weighted by Gasteiger charge is 2.12. The van der Waals surface area contributed by atoms with Crippen LogP contribution in [-0.4, -0.2) is 5.91 Å². The van der Waals surface area contributed by atoms with E-state index in [2.05, 4.69) is 27.3 Å². The summed E-state index contributed by atoms with van der Waals surface area (Å²) in [5, 5.41) is 21.5. The zero-order chi connectivity index (χ0) is 23.1. The molecule has 3 aromatic carbocycles. The van der Waals surface area contributed by atoms with Crippen molar-refractivity contribution in [2.24, 2.45) is 0 Å². The summed E-state index contributed by atoms with van der Waals surface area (Å²) >= 11 is 3.47. The Labute approximate surface area is 195 Å². The molecule has 5 nitrogen and oxygen atoms in total. The second-order valence-corrected chi connectivity index (χ2v) is 8.04. The van der Waals surface area contributed by atoms with Crippen LogP contribution in [0, 0.1) is 36.5 Å². The molecular formula is C26H20BrN3O2. The smallest absolute Gasteiger partial charge is 0.266 e. The van der Waals surface area contributed by atoms with E-state index in [1.54, 1.807) is 24.3 Å². The molecule has 0 aliphatic rings. The summed E-state index contributed by atoms with van der Waals surface area (Å²) in [4.78, 5) is 12.6. The van der Waals surface area contributed by atoms with Gasteiger partial charge >= 0.3 is 0 Å². The lowest BCUT2D eigenvalue weighted by Gasteiger charge is -2.10. The maximum absolute atomic E-state index is 12.6. The Hall–Kier alpha value is -3.87. The van der Waals surface area contributed by atoms with Crippen molar-refractivity contribution in [2.45, 2.75) is 20.5 Å². The van der Waals surface area contributed by atoms with Crippen molar-refractivity contribution in [3.8, 4) is 17.9 Å². The third-order valence-electron chi connectivity index (χ3n) is 4.78. The molecule has 0 spiro atoms. The van der Waals surface area contributed by atoms with E-state index >= 15 is 0 Å². The highest BCUT2D eigenvalue weighted by Crippen LogP contribution is 2.28. The zero-order valence-corrected chi connectivity index (χ0v) is 19.2. The molecule has 0 heterocycles. The number of hydrogen-bond acceptors (Lipinski definition) is 4. The molecule has 0 aliphatic heterocycles. The predicted molar refractivity (Wildman–Crippen MR) is 128 cm³/mol. The normalized spacial score (nSPS) is 10.7. The lowest BCUT2D eigenvalue weighted by atomic mass is 10.1. The van der Waals surface area contributed by atoms with Gasteiger partial charge in [-0.05, 0) is 71.2 Å².